The van der Waals surface area contributed by atoms with Gasteiger partial charge < -0.3 is 9.80 Å². The van der Waals surface area contributed by atoms with Crippen molar-refractivity contribution in [3.05, 3.63) is 76.5 Å². The van der Waals surface area contributed by atoms with E-state index in [0.29, 0.717) is 24.5 Å². The molecule has 0 saturated carbocycles. The molecule has 2 aromatic carbocycles. The van der Waals surface area contributed by atoms with Crippen molar-refractivity contribution in [1.82, 2.24) is 4.90 Å². The topological polar surface area (TPSA) is 45.1 Å². The molecule has 0 bridgehead atoms. The molecule has 0 atom stereocenters. The lowest BCUT2D eigenvalue weighted by Crippen LogP contribution is -3.13. The summed E-state index contributed by atoms with van der Waals surface area (Å²) in [6, 6.07) is 17.7. The second kappa shape index (κ2) is 7.78. The molecule has 0 unspecified atom stereocenters. The number of hydrogen-bond acceptors (Lipinski definition) is 3. The van der Waals surface area contributed by atoms with Gasteiger partial charge in [0.1, 0.15) is 17.3 Å². The number of benzene rings is 2. The summed E-state index contributed by atoms with van der Waals surface area (Å²) in [5, 5.41) is 0.0251. The number of imide groups is 1. The Morgan fingerprint density at radius 3 is 2.21 bits per heavy atom. The largest absolute Gasteiger partial charge is 0.354 e. The number of halogens is 1. The first kappa shape index (κ1) is 18.7. The van der Waals surface area contributed by atoms with E-state index in [4.69, 9.17) is 11.6 Å². The minimum atomic E-state index is -0.440. The van der Waals surface area contributed by atoms with Crippen molar-refractivity contribution in [2.75, 3.05) is 31.1 Å². The number of amides is 2. The van der Waals surface area contributed by atoms with Crippen LogP contribution in [0.4, 0.5) is 5.69 Å². The molecule has 5 nitrogen and oxygen atoms in total. The third-order valence-corrected chi connectivity index (χ3v) is 5.72. The van der Waals surface area contributed by atoms with Crippen LogP contribution in [0.1, 0.15) is 11.1 Å². The molecule has 4 rings (SSSR count). The van der Waals surface area contributed by atoms with Gasteiger partial charge in [0, 0.05) is 5.56 Å². The minimum absolute atomic E-state index is 0.0251. The Kier molecular flexibility index (Phi) is 5.20. The quantitative estimate of drug-likeness (QED) is 0.800. The molecule has 28 heavy (non-hydrogen) atoms. The van der Waals surface area contributed by atoms with Crippen LogP contribution in [0.5, 0.6) is 0 Å². The summed E-state index contributed by atoms with van der Waals surface area (Å²) in [6.07, 6.45) is 0. The van der Waals surface area contributed by atoms with Crippen molar-refractivity contribution in [3.63, 3.8) is 0 Å². The summed E-state index contributed by atoms with van der Waals surface area (Å²) in [5.41, 5.74) is 3.27. The number of hydrogen-bond donors (Lipinski definition) is 1. The second-order valence-electron chi connectivity index (χ2n) is 7.34. The highest BCUT2D eigenvalue weighted by molar-refractivity contribution is 6.52. The van der Waals surface area contributed by atoms with Gasteiger partial charge in [0.15, 0.2) is 0 Å². The molecule has 144 valence electrons. The molecular weight excluding hydrogens is 374 g/mol. The summed E-state index contributed by atoms with van der Waals surface area (Å²) in [7, 11) is 0. The third kappa shape index (κ3) is 3.55. The van der Waals surface area contributed by atoms with Crippen LogP contribution >= 0.6 is 11.6 Å². The van der Waals surface area contributed by atoms with Crippen molar-refractivity contribution in [2.45, 2.75) is 13.5 Å². The fraction of sp³-hybridized carbons (Fsp3) is 0.273. The van der Waals surface area contributed by atoms with Gasteiger partial charge in [-0.1, -0.05) is 59.6 Å². The van der Waals surface area contributed by atoms with E-state index in [9.17, 15) is 9.59 Å². The predicted octanol–water partition coefficient (Wildman–Crippen LogP) is 1.72. The van der Waals surface area contributed by atoms with E-state index in [1.807, 2.05) is 30.0 Å². The van der Waals surface area contributed by atoms with Crippen molar-refractivity contribution < 1.29 is 14.5 Å². The Bertz CT molecular complexity index is 917. The number of quaternary nitrogens is 1. The van der Waals surface area contributed by atoms with Gasteiger partial charge in [0.05, 0.1) is 31.9 Å². The molecule has 1 fully saturated rings. The number of nitrogens with zero attached hydrogens (tertiary/aromatic N) is 2. The Hall–Kier alpha value is -2.63. The molecule has 2 aliphatic rings. The average Bonchev–Trinajstić information content (AvgIpc) is 2.93. The van der Waals surface area contributed by atoms with E-state index in [1.54, 1.807) is 12.1 Å². The number of anilines is 1. The molecule has 0 aliphatic carbocycles. The summed E-state index contributed by atoms with van der Waals surface area (Å²) >= 11 is 6.32. The van der Waals surface area contributed by atoms with Crippen molar-refractivity contribution in [2.24, 2.45) is 0 Å². The lowest BCUT2D eigenvalue weighted by molar-refractivity contribution is -0.917. The van der Waals surface area contributed by atoms with Crippen LogP contribution in [-0.2, 0) is 16.1 Å². The molecule has 2 aromatic rings. The molecule has 0 radical (unpaired) electrons. The number of carbonyl (C=O) groups is 2. The van der Waals surface area contributed by atoms with Gasteiger partial charge >= 0.3 is 0 Å². The van der Waals surface area contributed by atoms with E-state index in [0.717, 1.165) is 25.2 Å². The third-order valence-electron chi connectivity index (χ3n) is 5.38. The van der Waals surface area contributed by atoms with E-state index >= 15 is 0 Å². The van der Waals surface area contributed by atoms with Crippen LogP contribution in [-0.4, -0.2) is 42.9 Å². The molecule has 2 aliphatic heterocycles. The summed E-state index contributed by atoms with van der Waals surface area (Å²) in [5.74, 6) is -0.769. The Morgan fingerprint density at radius 1 is 0.929 bits per heavy atom. The molecule has 1 N–H and O–H groups in total. The zero-order valence-electron chi connectivity index (χ0n) is 15.8. The number of piperazine rings is 1. The normalized spacial score (nSPS) is 18.4. The summed E-state index contributed by atoms with van der Waals surface area (Å²) in [6.45, 7) is 6.13. The SMILES string of the molecule is Cc1ccc(N2C(=O)C(Cl)=C(N3CC[NH+](Cc4ccccc4)CC3)C2=O)cc1. The maximum atomic E-state index is 13.0. The van der Waals surface area contributed by atoms with Gasteiger partial charge in [-0.25, -0.2) is 4.90 Å². The number of aryl methyl sites for hydroxylation is 1. The molecule has 0 spiro atoms. The first-order chi connectivity index (χ1) is 13.5. The van der Waals surface area contributed by atoms with Gasteiger partial charge in [0.25, 0.3) is 11.8 Å². The van der Waals surface area contributed by atoms with Crippen molar-refractivity contribution >= 4 is 29.1 Å². The lowest BCUT2D eigenvalue weighted by atomic mass is 10.2. The highest BCUT2D eigenvalue weighted by atomic mass is 35.5. The zero-order chi connectivity index (χ0) is 19.7. The Morgan fingerprint density at radius 2 is 1.57 bits per heavy atom. The van der Waals surface area contributed by atoms with Crippen molar-refractivity contribution in [1.29, 1.82) is 0 Å². The van der Waals surface area contributed by atoms with E-state index < -0.39 is 5.91 Å². The monoisotopic (exact) mass is 396 g/mol. The first-order valence-corrected chi connectivity index (χ1v) is 9.90. The van der Waals surface area contributed by atoms with E-state index in [-0.39, 0.29) is 10.9 Å². The van der Waals surface area contributed by atoms with Crippen LogP contribution in [0.25, 0.3) is 0 Å². The fourth-order valence-corrected chi connectivity index (χ4v) is 4.09. The molecule has 2 amide bonds. The van der Waals surface area contributed by atoms with Crippen LogP contribution < -0.4 is 9.80 Å². The number of nitrogens with one attached hydrogen (secondary N) is 1. The highest BCUT2D eigenvalue weighted by Crippen LogP contribution is 2.31. The van der Waals surface area contributed by atoms with Gasteiger partial charge in [-0.2, -0.15) is 0 Å². The maximum absolute atomic E-state index is 13.0. The molecular formula is C22H23ClN3O2+. The van der Waals surface area contributed by atoms with Crippen molar-refractivity contribution in [3.8, 4) is 0 Å². The first-order valence-electron chi connectivity index (χ1n) is 9.52. The highest BCUT2D eigenvalue weighted by Gasteiger charge is 2.42. The lowest BCUT2D eigenvalue weighted by Gasteiger charge is -2.33. The minimum Gasteiger partial charge on any atom is -0.354 e. The number of carbonyl (C=O) groups excluding carboxylic acids is 2. The Balaban J connectivity index is 1.45. The van der Waals surface area contributed by atoms with Gasteiger partial charge in [-0.3, -0.25) is 9.59 Å². The molecule has 1 saturated heterocycles. The molecule has 2 heterocycles. The average molecular weight is 397 g/mol. The molecule has 6 heteroatoms. The van der Waals surface area contributed by atoms with Crippen LogP contribution in [0.15, 0.2) is 65.3 Å². The summed E-state index contributed by atoms with van der Waals surface area (Å²) < 4.78 is 0. The van der Waals surface area contributed by atoms with Gasteiger partial charge in [-0.05, 0) is 19.1 Å². The van der Waals surface area contributed by atoms with E-state index in [2.05, 4.69) is 24.3 Å². The second-order valence-corrected chi connectivity index (χ2v) is 7.72. The summed E-state index contributed by atoms with van der Waals surface area (Å²) in [4.78, 5) is 30.2. The smallest absolute Gasteiger partial charge is 0.283 e. The van der Waals surface area contributed by atoms with Crippen LogP contribution in [0, 0.1) is 6.92 Å². The zero-order valence-corrected chi connectivity index (χ0v) is 16.6. The van der Waals surface area contributed by atoms with E-state index in [1.165, 1.54) is 15.4 Å². The van der Waals surface area contributed by atoms with Gasteiger partial charge in [0.2, 0.25) is 0 Å². The van der Waals surface area contributed by atoms with Crippen LogP contribution in [0.3, 0.4) is 0 Å². The maximum Gasteiger partial charge on any atom is 0.283 e. The predicted molar refractivity (Wildman–Crippen MR) is 109 cm³/mol. The number of rotatable bonds is 4. The molecule has 0 aromatic heterocycles. The Labute approximate surface area is 169 Å². The van der Waals surface area contributed by atoms with Crippen LogP contribution in [0.2, 0.25) is 0 Å². The standard InChI is InChI=1S/C22H22ClN3O2/c1-16-7-9-18(10-8-16)26-21(27)19(23)20(22(26)28)25-13-11-24(12-14-25)15-17-5-3-2-4-6-17/h2-10H,11-15H2,1H3/p+1. The fourth-order valence-electron chi connectivity index (χ4n) is 3.80. The van der Waals surface area contributed by atoms with Gasteiger partial charge in [-0.15, -0.1) is 0 Å².